The Morgan fingerprint density at radius 1 is 1.20 bits per heavy atom. The van der Waals surface area contributed by atoms with Crippen molar-refractivity contribution in [2.75, 3.05) is 38.7 Å². The predicted molar refractivity (Wildman–Crippen MR) is 94.1 cm³/mol. The summed E-state index contributed by atoms with van der Waals surface area (Å²) in [6, 6.07) is 5.74. The molecule has 0 saturated carbocycles. The fourth-order valence-electron chi connectivity index (χ4n) is 2.97. The van der Waals surface area contributed by atoms with Gasteiger partial charge in [-0.05, 0) is 38.0 Å². The smallest absolute Gasteiger partial charge is 0.309 e. The lowest BCUT2D eigenvalue weighted by atomic mass is 9.97. The van der Waals surface area contributed by atoms with Gasteiger partial charge in [-0.3, -0.25) is 9.59 Å². The monoisotopic (exact) mass is 365 g/mol. The third kappa shape index (κ3) is 4.60. The van der Waals surface area contributed by atoms with Gasteiger partial charge in [0.05, 0.1) is 18.3 Å². The second-order valence-corrected chi connectivity index (χ2v) is 7.05. The van der Waals surface area contributed by atoms with Crippen molar-refractivity contribution in [2.24, 2.45) is 5.92 Å². The molecule has 1 saturated heterocycles. The average Bonchev–Trinajstić information content (AvgIpc) is 2.66. The summed E-state index contributed by atoms with van der Waals surface area (Å²) < 4.78 is 16.1. The molecule has 0 bridgehead atoms. The molecule has 25 heavy (non-hydrogen) atoms. The van der Waals surface area contributed by atoms with E-state index in [-0.39, 0.29) is 17.8 Å². The van der Waals surface area contributed by atoms with Gasteiger partial charge in [0, 0.05) is 18.0 Å². The van der Waals surface area contributed by atoms with E-state index in [0.29, 0.717) is 51.5 Å². The van der Waals surface area contributed by atoms with Crippen LogP contribution in [0, 0.1) is 5.92 Å². The lowest BCUT2D eigenvalue weighted by Crippen LogP contribution is -2.41. The third-order valence-electron chi connectivity index (χ3n) is 4.34. The molecular formula is C18H23NO5S. The minimum atomic E-state index is -0.139. The van der Waals surface area contributed by atoms with E-state index < -0.39 is 0 Å². The molecule has 0 unspecified atom stereocenters. The Morgan fingerprint density at radius 3 is 2.64 bits per heavy atom. The van der Waals surface area contributed by atoms with E-state index in [4.69, 9.17) is 14.2 Å². The zero-order valence-corrected chi connectivity index (χ0v) is 15.2. The van der Waals surface area contributed by atoms with Crippen LogP contribution in [-0.4, -0.2) is 55.4 Å². The number of carbonyl (C=O) groups excluding carboxylic acids is 2. The van der Waals surface area contributed by atoms with E-state index in [1.54, 1.807) is 0 Å². The molecule has 1 fully saturated rings. The molecule has 0 aromatic heterocycles. The van der Waals surface area contributed by atoms with E-state index in [0.717, 1.165) is 16.4 Å². The summed E-state index contributed by atoms with van der Waals surface area (Å²) >= 11 is 1.49. The molecule has 0 N–H and O–H groups in total. The summed E-state index contributed by atoms with van der Waals surface area (Å²) in [5, 5.41) is 0. The summed E-state index contributed by atoms with van der Waals surface area (Å²) in [5.41, 5.74) is 0. The van der Waals surface area contributed by atoms with Gasteiger partial charge in [-0.1, -0.05) is 0 Å². The van der Waals surface area contributed by atoms with Crippen molar-refractivity contribution >= 4 is 23.6 Å². The van der Waals surface area contributed by atoms with Crippen LogP contribution in [-0.2, 0) is 14.3 Å². The highest BCUT2D eigenvalue weighted by Gasteiger charge is 2.28. The van der Waals surface area contributed by atoms with Crippen molar-refractivity contribution < 1.29 is 23.8 Å². The zero-order chi connectivity index (χ0) is 17.6. The van der Waals surface area contributed by atoms with Crippen LogP contribution >= 0.6 is 11.8 Å². The van der Waals surface area contributed by atoms with Crippen LogP contribution in [0.3, 0.4) is 0 Å². The summed E-state index contributed by atoms with van der Waals surface area (Å²) in [7, 11) is 0. The first-order chi connectivity index (χ1) is 12.2. The first-order valence-electron chi connectivity index (χ1n) is 8.64. The van der Waals surface area contributed by atoms with Crippen LogP contribution < -0.4 is 9.47 Å². The van der Waals surface area contributed by atoms with Crippen LogP contribution in [0.15, 0.2) is 23.1 Å². The van der Waals surface area contributed by atoms with Gasteiger partial charge in [-0.15, -0.1) is 11.8 Å². The maximum atomic E-state index is 12.4. The van der Waals surface area contributed by atoms with Crippen LogP contribution in [0.25, 0.3) is 0 Å². The minimum absolute atomic E-state index is 0.0746. The molecule has 0 radical (unpaired) electrons. The van der Waals surface area contributed by atoms with Gasteiger partial charge in [-0.25, -0.2) is 0 Å². The van der Waals surface area contributed by atoms with Crippen molar-refractivity contribution in [3.05, 3.63) is 18.2 Å². The average molecular weight is 365 g/mol. The zero-order valence-electron chi connectivity index (χ0n) is 14.4. The number of rotatable bonds is 5. The highest BCUT2D eigenvalue weighted by Crippen LogP contribution is 2.34. The SMILES string of the molecule is CCOC(=O)C1CCN(C(=O)CSc2ccc3c(c2)OCCO3)CC1. The fourth-order valence-corrected chi connectivity index (χ4v) is 3.80. The van der Waals surface area contributed by atoms with E-state index in [2.05, 4.69) is 0 Å². The van der Waals surface area contributed by atoms with Crippen LogP contribution in [0.2, 0.25) is 0 Å². The van der Waals surface area contributed by atoms with Gasteiger partial charge >= 0.3 is 5.97 Å². The Balaban J connectivity index is 1.46. The third-order valence-corrected chi connectivity index (χ3v) is 5.32. The van der Waals surface area contributed by atoms with Gasteiger partial charge in [0.1, 0.15) is 13.2 Å². The Hall–Kier alpha value is -1.89. The largest absolute Gasteiger partial charge is 0.486 e. The number of benzene rings is 1. The van der Waals surface area contributed by atoms with Gasteiger partial charge < -0.3 is 19.1 Å². The van der Waals surface area contributed by atoms with Crippen LogP contribution in [0.1, 0.15) is 19.8 Å². The molecule has 0 spiro atoms. The van der Waals surface area contributed by atoms with Crippen molar-refractivity contribution in [2.45, 2.75) is 24.7 Å². The maximum Gasteiger partial charge on any atom is 0.309 e. The van der Waals surface area contributed by atoms with Crippen molar-refractivity contribution in [1.29, 1.82) is 0 Å². The number of fused-ring (bicyclic) bond motifs is 1. The highest BCUT2D eigenvalue weighted by molar-refractivity contribution is 8.00. The maximum absolute atomic E-state index is 12.4. The normalized spacial score (nSPS) is 17.2. The quantitative estimate of drug-likeness (QED) is 0.590. The second-order valence-electron chi connectivity index (χ2n) is 6.00. The molecule has 1 amide bonds. The number of hydrogen-bond acceptors (Lipinski definition) is 6. The van der Waals surface area contributed by atoms with Gasteiger partial charge in [0.2, 0.25) is 5.91 Å². The van der Waals surface area contributed by atoms with Gasteiger partial charge in [-0.2, -0.15) is 0 Å². The number of nitrogens with zero attached hydrogens (tertiary/aromatic N) is 1. The molecule has 3 rings (SSSR count). The minimum Gasteiger partial charge on any atom is -0.486 e. The predicted octanol–water partition coefficient (Wildman–Crippen LogP) is 2.35. The Labute approximate surface area is 151 Å². The number of esters is 1. The molecule has 2 aliphatic rings. The first-order valence-corrected chi connectivity index (χ1v) is 9.62. The number of hydrogen-bond donors (Lipinski definition) is 0. The molecule has 1 aromatic rings. The van der Waals surface area contributed by atoms with E-state index >= 15 is 0 Å². The molecule has 2 heterocycles. The molecule has 6 nitrogen and oxygen atoms in total. The molecular weight excluding hydrogens is 342 g/mol. The lowest BCUT2D eigenvalue weighted by Gasteiger charge is -2.30. The number of amides is 1. The standard InChI is InChI=1S/C18H23NO5S/c1-2-22-18(21)13-5-7-19(8-6-13)17(20)12-25-14-3-4-15-16(11-14)24-10-9-23-15/h3-4,11,13H,2,5-10,12H2,1H3. The Bertz CT molecular complexity index is 628. The Kier molecular flexibility index (Phi) is 6.07. The molecule has 1 aromatic carbocycles. The summed E-state index contributed by atoms with van der Waals surface area (Å²) in [6.07, 6.45) is 1.36. The van der Waals surface area contributed by atoms with Crippen LogP contribution in [0.4, 0.5) is 0 Å². The van der Waals surface area contributed by atoms with E-state index in [1.807, 2.05) is 30.0 Å². The summed E-state index contributed by atoms with van der Waals surface area (Å²) in [4.78, 5) is 27.0. The van der Waals surface area contributed by atoms with Crippen molar-refractivity contribution in [3.8, 4) is 11.5 Å². The molecule has 2 aliphatic heterocycles. The summed E-state index contributed by atoms with van der Waals surface area (Å²) in [5.74, 6) is 1.75. The van der Waals surface area contributed by atoms with Gasteiger partial charge in [0.25, 0.3) is 0 Å². The Morgan fingerprint density at radius 2 is 1.92 bits per heavy atom. The molecule has 136 valence electrons. The number of ether oxygens (including phenoxy) is 3. The van der Waals surface area contributed by atoms with Crippen molar-refractivity contribution in [3.63, 3.8) is 0 Å². The number of piperidine rings is 1. The van der Waals surface area contributed by atoms with Crippen molar-refractivity contribution in [1.82, 2.24) is 4.90 Å². The molecule has 0 atom stereocenters. The van der Waals surface area contributed by atoms with E-state index in [9.17, 15) is 9.59 Å². The summed E-state index contributed by atoms with van der Waals surface area (Å²) in [6.45, 7) is 4.57. The number of likely N-dealkylation sites (tertiary alicyclic amines) is 1. The number of thioether (sulfide) groups is 1. The number of carbonyl (C=O) groups is 2. The highest BCUT2D eigenvalue weighted by atomic mass is 32.2. The van der Waals surface area contributed by atoms with E-state index in [1.165, 1.54) is 11.8 Å². The first kappa shape index (κ1) is 17.9. The van der Waals surface area contributed by atoms with Gasteiger partial charge in [0.15, 0.2) is 11.5 Å². The molecule has 0 aliphatic carbocycles. The lowest BCUT2D eigenvalue weighted by molar-refractivity contribution is -0.151. The fraction of sp³-hybridized carbons (Fsp3) is 0.556. The van der Waals surface area contributed by atoms with Crippen LogP contribution in [0.5, 0.6) is 11.5 Å². The molecule has 7 heteroatoms. The second kappa shape index (κ2) is 8.47. The topological polar surface area (TPSA) is 65.1 Å².